The molecule has 0 saturated carbocycles. The Kier molecular flexibility index (Phi) is 5.95. The summed E-state index contributed by atoms with van der Waals surface area (Å²) < 4.78 is 10.6. The Labute approximate surface area is 155 Å². The molecule has 1 N–H and O–H groups in total. The first-order valence-electron chi connectivity index (χ1n) is 7.74. The summed E-state index contributed by atoms with van der Waals surface area (Å²) in [5.74, 6) is -0.835. The van der Waals surface area contributed by atoms with E-state index in [0.29, 0.717) is 9.21 Å². The summed E-state index contributed by atoms with van der Waals surface area (Å²) in [6, 6.07) is 2.09. The van der Waals surface area contributed by atoms with Gasteiger partial charge in [-0.2, -0.15) is 0 Å². The number of carbonyl (C=O) groups excluding carboxylic acids is 3. The molecular weight excluding hydrogens is 368 g/mol. The number of rotatable bonds is 3. The van der Waals surface area contributed by atoms with E-state index in [1.165, 1.54) is 12.0 Å². The van der Waals surface area contributed by atoms with E-state index in [1.807, 2.05) is 0 Å². The van der Waals surface area contributed by atoms with Crippen molar-refractivity contribution in [1.29, 1.82) is 0 Å². The van der Waals surface area contributed by atoms with Crippen molar-refractivity contribution in [3.63, 3.8) is 0 Å². The molecule has 1 aromatic heterocycles. The fraction of sp³-hybridized carbons (Fsp3) is 0.562. The van der Waals surface area contributed by atoms with Crippen molar-refractivity contribution >= 4 is 40.9 Å². The maximum atomic E-state index is 12.4. The minimum atomic E-state index is -0.794. The van der Waals surface area contributed by atoms with E-state index in [-0.39, 0.29) is 24.9 Å². The molecule has 9 heteroatoms. The third-order valence-electron chi connectivity index (χ3n) is 3.53. The molecule has 138 valence electrons. The molecule has 0 radical (unpaired) electrons. The van der Waals surface area contributed by atoms with Crippen LogP contribution >= 0.6 is 22.9 Å². The van der Waals surface area contributed by atoms with Gasteiger partial charge in [-0.1, -0.05) is 11.6 Å². The predicted octanol–water partition coefficient (Wildman–Crippen LogP) is 2.68. The zero-order valence-electron chi connectivity index (χ0n) is 14.5. The van der Waals surface area contributed by atoms with Crippen LogP contribution in [0.3, 0.4) is 0 Å². The fourth-order valence-corrected chi connectivity index (χ4v) is 3.46. The second-order valence-corrected chi connectivity index (χ2v) is 8.40. The molecule has 1 fully saturated rings. The van der Waals surface area contributed by atoms with Crippen LogP contribution in [0.5, 0.6) is 0 Å². The average molecular weight is 389 g/mol. The third kappa shape index (κ3) is 5.09. The number of hydrogen-bond acceptors (Lipinski definition) is 6. The van der Waals surface area contributed by atoms with Crippen molar-refractivity contribution < 1.29 is 23.9 Å². The monoisotopic (exact) mass is 388 g/mol. The number of esters is 1. The van der Waals surface area contributed by atoms with Gasteiger partial charge in [-0.3, -0.25) is 9.69 Å². The van der Waals surface area contributed by atoms with E-state index in [0.717, 1.165) is 11.3 Å². The van der Waals surface area contributed by atoms with Crippen molar-refractivity contribution in [3.8, 4) is 0 Å². The zero-order chi connectivity index (χ0) is 18.8. The summed E-state index contributed by atoms with van der Waals surface area (Å²) in [5, 5.41) is 2.82. The smallest absolute Gasteiger partial charge is 0.411 e. The first kappa shape index (κ1) is 19.5. The molecule has 2 atom stereocenters. The highest BCUT2D eigenvalue weighted by molar-refractivity contribution is 7.18. The van der Waals surface area contributed by atoms with Crippen LogP contribution in [-0.2, 0) is 14.3 Å². The SMILES string of the molecule is COC(=O)[C@@H]1C[C@H](NC(=O)c2ccc(Cl)s2)CN1C(=O)OC(C)(C)C. The van der Waals surface area contributed by atoms with Gasteiger partial charge in [0.1, 0.15) is 11.6 Å². The fourth-order valence-electron chi connectivity index (χ4n) is 2.52. The summed E-state index contributed by atoms with van der Waals surface area (Å²) >= 11 is 7.00. The van der Waals surface area contributed by atoms with Gasteiger partial charge >= 0.3 is 12.1 Å². The molecule has 1 saturated heterocycles. The molecule has 0 bridgehead atoms. The quantitative estimate of drug-likeness (QED) is 0.804. The van der Waals surface area contributed by atoms with Crippen LogP contribution in [0, 0.1) is 0 Å². The van der Waals surface area contributed by atoms with Crippen LogP contribution in [0.4, 0.5) is 4.79 Å². The van der Waals surface area contributed by atoms with E-state index in [2.05, 4.69) is 5.32 Å². The number of carbonyl (C=O) groups is 3. The van der Waals surface area contributed by atoms with Gasteiger partial charge in [-0.25, -0.2) is 9.59 Å². The third-order valence-corrected chi connectivity index (χ3v) is 4.76. The van der Waals surface area contributed by atoms with E-state index in [1.54, 1.807) is 32.9 Å². The maximum Gasteiger partial charge on any atom is 0.411 e. The lowest BCUT2D eigenvalue weighted by Gasteiger charge is -2.27. The van der Waals surface area contributed by atoms with Crippen molar-refractivity contribution in [3.05, 3.63) is 21.3 Å². The summed E-state index contributed by atoms with van der Waals surface area (Å²) in [4.78, 5) is 38.4. The van der Waals surface area contributed by atoms with Crippen molar-refractivity contribution in [1.82, 2.24) is 10.2 Å². The number of ether oxygens (including phenoxy) is 2. The molecule has 0 aliphatic carbocycles. The number of amides is 2. The number of likely N-dealkylation sites (tertiary alicyclic amines) is 1. The van der Waals surface area contributed by atoms with Crippen LogP contribution in [0.2, 0.25) is 4.34 Å². The first-order chi connectivity index (χ1) is 11.6. The van der Waals surface area contributed by atoms with Crippen LogP contribution in [0.25, 0.3) is 0 Å². The Bertz CT molecular complexity index is 670. The molecule has 0 aromatic carbocycles. The standard InChI is InChI=1S/C16H21ClN2O5S/c1-16(2,3)24-15(22)19-8-9(7-10(19)14(21)23-4)18-13(20)11-5-6-12(17)25-11/h5-6,9-10H,7-8H2,1-4H3,(H,18,20)/t9-,10-/m0/s1. The highest BCUT2D eigenvalue weighted by Gasteiger charge is 2.42. The predicted molar refractivity (Wildman–Crippen MR) is 93.9 cm³/mol. The van der Waals surface area contributed by atoms with Gasteiger partial charge in [-0.05, 0) is 32.9 Å². The van der Waals surface area contributed by atoms with Crippen molar-refractivity contribution in [2.45, 2.75) is 44.9 Å². The molecule has 2 heterocycles. The minimum Gasteiger partial charge on any atom is -0.467 e. The molecule has 0 unspecified atom stereocenters. The van der Waals surface area contributed by atoms with Gasteiger partial charge < -0.3 is 14.8 Å². The first-order valence-corrected chi connectivity index (χ1v) is 8.94. The number of methoxy groups -OCH3 is 1. The molecule has 7 nitrogen and oxygen atoms in total. The average Bonchev–Trinajstić information content (AvgIpc) is 3.11. The van der Waals surface area contributed by atoms with Gasteiger partial charge in [0.2, 0.25) is 0 Å². The number of thiophene rings is 1. The molecule has 0 spiro atoms. The van der Waals surface area contributed by atoms with Gasteiger partial charge in [0.05, 0.1) is 16.3 Å². The summed E-state index contributed by atoms with van der Waals surface area (Å²) in [6.45, 7) is 5.40. The normalized spacial score (nSPS) is 20.3. The lowest BCUT2D eigenvalue weighted by molar-refractivity contribution is -0.145. The zero-order valence-corrected chi connectivity index (χ0v) is 16.1. The van der Waals surface area contributed by atoms with E-state index < -0.39 is 23.7 Å². The largest absolute Gasteiger partial charge is 0.467 e. The van der Waals surface area contributed by atoms with Crippen LogP contribution in [-0.4, -0.2) is 54.2 Å². The molecular formula is C16H21ClN2O5S. The van der Waals surface area contributed by atoms with Crippen LogP contribution in [0.1, 0.15) is 36.9 Å². The van der Waals surface area contributed by atoms with Gasteiger partial charge in [0, 0.05) is 19.0 Å². The van der Waals surface area contributed by atoms with E-state index >= 15 is 0 Å². The molecule has 2 amide bonds. The van der Waals surface area contributed by atoms with Gasteiger partial charge in [0.15, 0.2) is 0 Å². The molecule has 25 heavy (non-hydrogen) atoms. The Morgan fingerprint density at radius 3 is 2.52 bits per heavy atom. The van der Waals surface area contributed by atoms with Gasteiger partial charge in [0.25, 0.3) is 5.91 Å². The Balaban J connectivity index is 2.08. The second-order valence-electron chi connectivity index (χ2n) is 6.68. The second kappa shape index (κ2) is 7.61. The maximum absolute atomic E-state index is 12.4. The van der Waals surface area contributed by atoms with Crippen LogP contribution < -0.4 is 5.32 Å². The van der Waals surface area contributed by atoms with Crippen LogP contribution in [0.15, 0.2) is 12.1 Å². The van der Waals surface area contributed by atoms with E-state index in [9.17, 15) is 14.4 Å². The number of halogens is 1. The summed E-state index contributed by atoms with van der Waals surface area (Å²) in [7, 11) is 1.26. The number of hydrogen-bond donors (Lipinski definition) is 1. The minimum absolute atomic E-state index is 0.166. The Morgan fingerprint density at radius 2 is 2.00 bits per heavy atom. The molecule has 1 aliphatic rings. The van der Waals surface area contributed by atoms with Crippen molar-refractivity contribution in [2.24, 2.45) is 0 Å². The lowest BCUT2D eigenvalue weighted by Crippen LogP contribution is -2.44. The Hall–Kier alpha value is -1.80. The van der Waals surface area contributed by atoms with E-state index in [4.69, 9.17) is 21.1 Å². The highest BCUT2D eigenvalue weighted by Crippen LogP contribution is 2.24. The topological polar surface area (TPSA) is 84.9 Å². The number of nitrogens with one attached hydrogen (secondary N) is 1. The highest BCUT2D eigenvalue weighted by atomic mass is 35.5. The summed E-state index contributed by atoms with van der Waals surface area (Å²) in [5.41, 5.74) is -0.688. The summed E-state index contributed by atoms with van der Waals surface area (Å²) in [6.07, 6.45) is -0.352. The number of nitrogens with zero attached hydrogens (tertiary/aromatic N) is 1. The van der Waals surface area contributed by atoms with Gasteiger partial charge in [-0.15, -0.1) is 11.3 Å². The molecule has 2 rings (SSSR count). The van der Waals surface area contributed by atoms with Crippen molar-refractivity contribution in [2.75, 3.05) is 13.7 Å². The molecule has 1 aromatic rings. The Morgan fingerprint density at radius 1 is 1.32 bits per heavy atom. The lowest BCUT2D eigenvalue weighted by atomic mass is 10.1. The molecule has 1 aliphatic heterocycles.